The van der Waals surface area contributed by atoms with Crippen LogP contribution in [0.15, 0.2) is 23.4 Å². The predicted molar refractivity (Wildman–Crippen MR) is 69.3 cm³/mol. The Morgan fingerprint density at radius 3 is 2.61 bits per heavy atom. The molecule has 0 saturated carbocycles. The summed E-state index contributed by atoms with van der Waals surface area (Å²) in [5.41, 5.74) is 6.30. The molecule has 1 fully saturated rings. The normalized spacial score (nSPS) is 25.5. The van der Waals surface area contributed by atoms with Crippen molar-refractivity contribution in [1.29, 1.82) is 0 Å². The number of nitrogens with zero attached hydrogens (tertiary/aromatic N) is 2. The van der Waals surface area contributed by atoms with Gasteiger partial charge in [0.2, 0.25) is 0 Å². The van der Waals surface area contributed by atoms with Crippen molar-refractivity contribution in [2.75, 3.05) is 6.54 Å². The van der Waals surface area contributed by atoms with Gasteiger partial charge in [-0.15, -0.1) is 0 Å². The molecule has 2 heterocycles. The Balaban J connectivity index is 2.30. The van der Waals surface area contributed by atoms with Crippen LogP contribution in [-0.2, 0) is 16.6 Å². The minimum absolute atomic E-state index is 0.0426. The molecule has 0 aliphatic carbocycles. The molecule has 0 amide bonds. The Labute approximate surface area is 108 Å². The van der Waals surface area contributed by atoms with E-state index in [1.54, 1.807) is 10.4 Å². The van der Waals surface area contributed by atoms with Gasteiger partial charge in [0.1, 0.15) is 0 Å². The minimum Gasteiger partial charge on any atom is -0.326 e. The van der Waals surface area contributed by atoms with Gasteiger partial charge in [0.05, 0.1) is 0 Å². The summed E-state index contributed by atoms with van der Waals surface area (Å²) in [7, 11) is -3.46. The SMILES string of the molecule is CC1CC(C)N(S(=O)(=O)c2ccc(CN)cn2)C1. The lowest BCUT2D eigenvalue weighted by molar-refractivity contribution is 0.403. The Morgan fingerprint density at radius 1 is 1.44 bits per heavy atom. The molecule has 18 heavy (non-hydrogen) atoms. The summed E-state index contributed by atoms with van der Waals surface area (Å²) < 4.78 is 26.4. The van der Waals surface area contributed by atoms with Crippen LogP contribution in [0.5, 0.6) is 0 Å². The zero-order chi connectivity index (χ0) is 13.3. The second-order valence-electron chi connectivity index (χ2n) is 4.97. The monoisotopic (exact) mass is 269 g/mol. The van der Waals surface area contributed by atoms with E-state index < -0.39 is 10.0 Å². The highest BCUT2D eigenvalue weighted by atomic mass is 32.2. The van der Waals surface area contributed by atoms with Crippen LogP contribution in [0.25, 0.3) is 0 Å². The highest BCUT2D eigenvalue weighted by Gasteiger charge is 2.36. The van der Waals surface area contributed by atoms with Gasteiger partial charge in [-0.2, -0.15) is 4.31 Å². The quantitative estimate of drug-likeness (QED) is 0.886. The molecule has 1 aromatic rings. The first kappa shape index (κ1) is 13.5. The van der Waals surface area contributed by atoms with Crippen molar-refractivity contribution in [3.63, 3.8) is 0 Å². The predicted octanol–water partition coefficient (Wildman–Crippen LogP) is 0.959. The number of nitrogens with two attached hydrogens (primary N) is 1. The largest absolute Gasteiger partial charge is 0.326 e. The van der Waals surface area contributed by atoms with Crippen LogP contribution >= 0.6 is 0 Å². The molecule has 100 valence electrons. The maximum absolute atomic E-state index is 12.4. The summed E-state index contributed by atoms with van der Waals surface area (Å²) in [5, 5.41) is 0.112. The lowest BCUT2D eigenvalue weighted by Crippen LogP contribution is -2.34. The maximum atomic E-state index is 12.4. The van der Waals surface area contributed by atoms with E-state index in [-0.39, 0.29) is 11.1 Å². The van der Waals surface area contributed by atoms with Gasteiger partial charge in [-0.3, -0.25) is 0 Å². The van der Waals surface area contributed by atoms with Gasteiger partial charge in [-0.25, -0.2) is 13.4 Å². The first-order valence-electron chi connectivity index (χ1n) is 6.12. The molecule has 1 aliphatic rings. The lowest BCUT2D eigenvalue weighted by atomic mass is 10.1. The number of hydrogen-bond acceptors (Lipinski definition) is 4. The van der Waals surface area contributed by atoms with Crippen molar-refractivity contribution in [3.05, 3.63) is 23.9 Å². The van der Waals surface area contributed by atoms with E-state index in [9.17, 15) is 8.42 Å². The zero-order valence-corrected chi connectivity index (χ0v) is 11.5. The molecule has 1 aromatic heterocycles. The van der Waals surface area contributed by atoms with Crippen molar-refractivity contribution in [2.45, 2.75) is 37.9 Å². The van der Waals surface area contributed by atoms with E-state index in [0.29, 0.717) is 19.0 Å². The molecule has 6 heteroatoms. The van der Waals surface area contributed by atoms with Crippen molar-refractivity contribution in [1.82, 2.24) is 9.29 Å². The van der Waals surface area contributed by atoms with Crippen LogP contribution in [0.4, 0.5) is 0 Å². The third kappa shape index (κ3) is 2.41. The molecule has 1 saturated heterocycles. The summed E-state index contributed by atoms with van der Waals surface area (Å²) in [6, 6.07) is 3.29. The number of sulfonamides is 1. The molecule has 2 unspecified atom stereocenters. The van der Waals surface area contributed by atoms with E-state index in [1.807, 2.05) is 6.92 Å². The number of hydrogen-bond donors (Lipinski definition) is 1. The van der Waals surface area contributed by atoms with Crippen LogP contribution in [0.2, 0.25) is 0 Å². The second-order valence-corrected chi connectivity index (χ2v) is 6.81. The Morgan fingerprint density at radius 2 is 2.17 bits per heavy atom. The summed E-state index contributed by atoms with van der Waals surface area (Å²) in [5.74, 6) is 0.401. The summed E-state index contributed by atoms with van der Waals surface area (Å²) in [6.45, 7) is 4.95. The van der Waals surface area contributed by atoms with Crippen LogP contribution in [-0.4, -0.2) is 30.3 Å². The summed E-state index contributed by atoms with van der Waals surface area (Å²) in [6.07, 6.45) is 2.43. The Bertz CT molecular complexity index is 513. The van der Waals surface area contributed by atoms with Gasteiger partial charge in [0, 0.05) is 25.3 Å². The highest BCUT2D eigenvalue weighted by Crippen LogP contribution is 2.28. The molecule has 0 radical (unpaired) electrons. The Hall–Kier alpha value is -0.980. The molecule has 1 aliphatic heterocycles. The molecule has 2 rings (SSSR count). The standard InChI is InChI=1S/C12H19N3O2S/c1-9-5-10(2)15(8-9)18(16,17)12-4-3-11(6-13)7-14-12/h3-4,7,9-10H,5-6,8,13H2,1-2H3. The fraction of sp³-hybridized carbons (Fsp3) is 0.583. The first-order valence-corrected chi connectivity index (χ1v) is 7.56. The topological polar surface area (TPSA) is 76.3 Å². The van der Waals surface area contributed by atoms with Crippen LogP contribution in [0.1, 0.15) is 25.8 Å². The van der Waals surface area contributed by atoms with Crippen molar-refractivity contribution < 1.29 is 8.42 Å². The van der Waals surface area contributed by atoms with Crippen molar-refractivity contribution in [2.24, 2.45) is 11.7 Å². The lowest BCUT2D eigenvalue weighted by Gasteiger charge is -2.20. The Kier molecular flexibility index (Phi) is 3.70. The van der Waals surface area contributed by atoms with E-state index in [1.165, 1.54) is 12.3 Å². The van der Waals surface area contributed by atoms with Gasteiger partial charge in [0.25, 0.3) is 10.0 Å². The molecular formula is C12H19N3O2S. The number of aromatic nitrogens is 1. The average Bonchev–Trinajstić information content (AvgIpc) is 2.69. The van der Waals surface area contributed by atoms with Gasteiger partial charge < -0.3 is 5.73 Å². The zero-order valence-electron chi connectivity index (χ0n) is 10.7. The maximum Gasteiger partial charge on any atom is 0.260 e. The average molecular weight is 269 g/mol. The third-order valence-electron chi connectivity index (χ3n) is 3.33. The third-order valence-corrected chi connectivity index (χ3v) is 5.23. The van der Waals surface area contributed by atoms with E-state index in [0.717, 1.165) is 12.0 Å². The van der Waals surface area contributed by atoms with Crippen LogP contribution in [0.3, 0.4) is 0 Å². The molecule has 0 spiro atoms. The summed E-state index contributed by atoms with van der Waals surface area (Å²) in [4.78, 5) is 4.02. The fourth-order valence-electron chi connectivity index (χ4n) is 2.40. The number of rotatable bonds is 3. The molecule has 0 aromatic carbocycles. The van der Waals surface area contributed by atoms with E-state index >= 15 is 0 Å². The van der Waals surface area contributed by atoms with E-state index in [2.05, 4.69) is 11.9 Å². The van der Waals surface area contributed by atoms with Crippen LogP contribution < -0.4 is 5.73 Å². The summed E-state index contributed by atoms with van der Waals surface area (Å²) >= 11 is 0. The minimum atomic E-state index is -3.46. The van der Waals surface area contributed by atoms with Crippen LogP contribution in [0, 0.1) is 5.92 Å². The smallest absolute Gasteiger partial charge is 0.260 e. The second kappa shape index (κ2) is 4.95. The first-order chi connectivity index (χ1) is 8.45. The van der Waals surface area contributed by atoms with Gasteiger partial charge in [-0.05, 0) is 30.9 Å². The van der Waals surface area contributed by atoms with Gasteiger partial charge in [0.15, 0.2) is 5.03 Å². The molecule has 2 atom stereocenters. The molecule has 5 nitrogen and oxygen atoms in total. The van der Waals surface area contributed by atoms with Crippen molar-refractivity contribution >= 4 is 10.0 Å². The molecule has 0 bridgehead atoms. The number of pyridine rings is 1. The van der Waals surface area contributed by atoms with Gasteiger partial charge >= 0.3 is 0 Å². The van der Waals surface area contributed by atoms with E-state index in [4.69, 9.17) is 5.73 Å². The van der Waals surface area contributed by atoms with Gasteiger partial charge in [-0.1, -0.05) is 13.0 Å². The molecular weight excluding hydrogens is 250 g/mol. The van der Waals surface area contributed by atoms with Crippen molar-refractivity contribution in [3.8, 4) is 0 Å². The fourth-order valence-corrected chi connectivity index (χ4v) is 4.08. The highest BCUT2D eigenvalue weighted by molar-refractivity contribution is 7.89. The molecule has 2 N–H and O–H groups in total.